The highest BCUT2D eigenvalue weighted by Crippen LogP contribution is 2.44. The van der Waals surface area contributed by atoms with E-state index in [-0.39, 0.29) is 5.41 Å². The second kappa shape index (κ2) is 6.98. The lowest BCUT2D eigenvalue weighted by Gasteiger charge is -2.45. The molecule has 1 unspecified atom stereocenters. The molecule has 1 N–H and O–H groups in total. The number of rotatable bonds is 6. The lowest BCUT2D eigenvalue weighted by molar-refractivity contribution is -0.219. The molecule has 130 valence electrons. The van der Waals surface area contributed by atoms with Crippen molar-refractivity contribution in [3.05, 3.63) is 66.2 Å². The molecule has 0 aliphatic carbocycles. The Bertz CT molecular complexity index is 583. The van der Waals surface area contributed by atoms with Gasteiger partial charge in [-0.1, -0.05) is 83.1 Å². The fraction of sp³-hybridized carbons (Fsp3) is 0.455. The Kier molecular flexibility index (Phi) is 5.39. The summed E-state index contributed by atoms with van der Waals surface area (Å²) in [5.74, 6) is -0.596. The molecule has 0 aromatic heterocycles. The van der Waals surface area contributed by atoms with Gasteiger partial charge in [0.25, 0.3) is 0 Å². The first-order valence-electron chi connectivity index (χ1n) is 8.62. The van der Waals surface area contributed by atoms with Crippen molar-refractivity contribution >= 4 is 0 Å². The summed E-state index contributed by atoms with van der Waals surface area (Å²) >= 11 is 0. The summed E-state index contributed by atoms with van der Waals surface area (Å²) in [5.41, 5.74) is 0.739. The van der Waals surface area contributed by atoms with Gasteiger partial charge in [0.1, 0.15) is 5.75 Å². The van der Waals surface area contributed by atoms with Gasteiger partial charge >= 0.3 is 0 Å². The van der Waals surface area contributed by atoms with Crippen LogP contribution in [0.3, 0.4) is 0 Å². The molecule has 0 saturated heterocycles. The summed E-state index contributed by atoms with van der Waals surface area (Å²) in [5, 5.41) is 11.6. The number of benzene rings is 2. The molecule has 2 heteroatoms. The average Bonchev–Trinajstić information content (AvgIpc) is 2.46. The van der Waals surface area contributed by atoms with Gasteiger partial charge in [0, 0.05) is 11.8 Å². The van der Waals surface area contributed by atoms with E-state index in [0.717, 1.165) is 12.0 Å². The van der Waals surface area contributed by atoms with Crippen molar-refractivity contribution in [3.8, 4) is 5.75 Å². The second-order valence-electron chi connectivity index (χ2n) is 8.48. The standard InChI is InChI=1S/C22H30O2/c1-20(2,3)17-21(4,5)22(23,16-18-12-8-6-9-13-18)24-19-14-10-7-11-15-19/h6-15,23H,16-17H2,1-5H3. The zero-order chi connectivity index (χ0) is 17.8. The molecule has 0 radical (unpaired) electrons. The van der Waals surface area contributed by atoms with Gasteiger partial charge in [-0.3, -0.25) is 0 Å². The lowest BCUT2D eigenvalue weighted by atomic mass is 9.69. The normalized spacial score (nSPS) is 14.9. The van der Waals surface area contributed by atoms with Gasteiger partial charge in [-0.25, -0.2) is 0 Å². The molecule has 24 heavy (non-hydrogen) atoms. The molecule has 0 aliphatic heterocycles. The van der Waals surface area contributed by atoms with Crippen molar-refractivity contribution in [1.29, 1.82) is 0 Å². The number of hydrogen-bond donors (Lipinski definition) is 1. The maximum absolute atomic E-state index is 11.6. The van der Waals surface area contributed by atoms with Crippen LogP contribution in [0.5, 0.6) is 5.75 Å². The van der Waals surface area contributed by atoms with Crippen LogP contribution in [-0.4, -0.2) is 10.9 Å². The minimum absolute atomic E-state index is 0.0915. The fourth-order valence-corrected chi connectivity index (χ4v) is 3.43. The molecule has 0 saturated carbocycles. The fourth-order valence-electron chi connectivity index (χ4n) is 3.43. The Morgan fingerprint density at radius 2 is 1.29 bits per heavy atom. The molecule has 0 heterocycles. The Hall–Kier alpha value is -1.80. The predicted octanol–water partition coefficient (Wildman–Crippen LogP) is 5.46. The smallest absolute Gasteiger partial charge is 0.217 e. The third kappa shape index (κ3) is 4.85. The SMILES string of the molecule is CC(C)(C)CC(C)(C)C(O)(Cc1ccccc1)Oc1ccccc1. The highest BCUT2D eigenvalue weighted by molar-refractivity contribution is 5.24. The van der Waals surface area contributed by atoms with Crippen LogP contribution in [-0.2, 0) is 6.42 Å². The topological polar surface area (TPSA) is 29.5 Å². The van der Waals surface area contributed by atoms with Crippen LogP contribution in [0.4, 0.5) is 0 Å². The Morgan fingerprint density at radius 3 is 1.79 bits per heavy atom. The number of para-hydroxylation sites is 1. The van der Waals surface area contributed by atoms with Gasteiger partial charge < -0.3 is 9.84 Å². The van der Waals surface area contributed by atoms with Crippen molar-refractivity contribution in [2.75, 3.05) is 0 Å². The van der Waals surface area contributed by atoms with Gasteiger partial charge in [-0.2, -0.15) is 0 Å². The van der Waals surface area contributed by atoms with Crippen LogP contribution in [0, 0.1) is 10.8 Å². The average molecular weight is 326 g/mol. The van der Waals surface area contributed by atoms with E-state index in [2.05, 4.69) is 34.6 Å². The highest BCUT2D eigenvalue weighted by atomic mass is 16.6. The van der Waals surface area contributed by atoms with E-state index >= 15 is 0 Å². The first kappa shape index (κ1) is 18.5. The molecule has 2 rings (SSSR count). The Labute approximate surface area is 146 Å². The zero-order valence-corrected chi connectivity index (χ0v) is 15.5. The van der Waals surface area contributed by atoms with E-state index in [9.17, 15) is 5.11 Å². The van der Waals surface area contributed by atoms with Gasteiger partial charge in [0.05, 0.1) is 0 Å². The highest BCUT2D eigenvalue weighted by Gasteiger charge is 2.47. The predicted molar refractivity (Wildman–Crippen MR) is 100 cm³/mol. The molecule has 2 nitrogen and oxygen atoms in total. The monoisotopic (exact) mass is 326 g/mol. The first-order valence-corrected chi connectivity index (χ1v) is 8.62. The first-order chi connectivity index (χ1) is 11.1. The van der Waals surface area contributed by atoms with Crippen molar-refractivity contribution in [1.82, 2.24) is 0 Å². The maximum Gasteiger partial charge on any atom is 0.217 e. The van der Waals surface area contributed by atoms with E-state index < -0.39 is 11.2 Å². The van der Waals surface area contributed by atoms with E-state index in [1.54, 1.807) is 0 Å². The molecule has 0 aliphatic rings. The van der Waals surface area contributed by atoms with Crippen molar-refractivity contribution in [2.45, 2.75) is 53.2 Å². The molecule has 0 fully saturated rings. The summed E-state index contributed by atoms with van der Waals surface area (Å²) < 4.78 is 6.17. The van der Waals surface area contributed by atoms with Crippen molar-refractivity contribution < 1.29 is 9.84 Å². The summed E-state index contributed by atoms with van der Waals surface area (Å²) in [6.45, 7) is 10.8. The summed E-state index contributed by atoms with van der Waals surface area (Å²) in [6.07, 6.45) is 1.29. The summed E-state index contributed by atoms with van der Waals surface area (Å²) in [7, 11) is 0. The van der Waals surface area contributed by atoms with Crippen LogP contribution in [0.25, 0.3) is 0 Å². The zero-order valence-electron chi connectivity index (χ0n) is 15.5. The minimum atomic E-state index is -1.29. The van der Waals surface area contributed by atoms with Gasteiger partial charge in [0.15, 0.2) is 0 Å². The molecule has 0 amide bonds. The molecular weight excluding hydrogens is 296 g/mol. The largest absolute Gasteiger partial charge is 0.462 e. The number of hydrogen-bond acceptors (Lipinski definition) is 2. The lowest BCUT2D eigenvalue weighted by Crippen LogP contribution is -2.53. The van der Waals surface area contributed by atoms with Crippen LogP contribution in [0.15, 0.2) is 60.7 Å². The third-order valence-electron chi connectivity index (χ3n) is 4.35. The quantitative estimate of drug-likeness (QED) is 0.714. The van der Waals surface area contributed by atoms with Gasteiger partial charge in [-0.15, -0.1) is 0 Å². The second-order valence-corrected chi connectivity index (χ2v) is 8.48. The molecule has 1 atom stereocenters. The van der Waals surface area contributed by atoms with Crippen LogP contribution >= 0.6 is 0 Å². The van der Waals surface area contributed by atoms with E-state index in [1.165, 1.54) is 0 Å². The maximum atomic E-state index is 11.6. The van der Waals surface area contributed by atoms with E-state index in [4.69, 9.17) is 4.74 Å². The van der Waals surface area contributed by atoms with E-state index in [1.807, 2.05) is 60.7 Å². The Balaban J connectivity index is 2.36. The molecular formula is C22H30O2. The molecule has 0 bridgehead atoms. The van der Waals surface area contributed by atoms with Crippen LogP contribution < -0.4 is 4.74 Å². The van der Waals surface area contributed by atoms with Gasteiger partial charge in [-0.05, 0) is 29.5 Å². The summed E-state index contributed by atoms with van der Waals surface area (Å²) in [4.78, 5) is 0. The van der Waals surface area contributed by atoms with Crippen molar-refractivity contribution in [2.24, 2.45) is 10.8 Å². The minimum Gasteiger partial charge on any atom is -0.462 e. The van der Waals surface area contributed by atoms with Crippen molar-refractivity contribution in [3.63, 3.8) is 0 Å². The Morgan fingerprint density at radius 1 is 0.792 bits per heavy atom. The van der Waals surface area contributed by atoms with Crippen LogP contribution in [0.1, 0.15) is 46.6 Å². The third-order valence-corrected chi connectivity index (χ3v) is 4.35. The molecule has 2 aromatic rings. The van der Waals surface area contributed by atoms with Crippen LogP contribution in [0.2, 0.25) is 0 Å². The summed E-state index contributed by atoms with van der Waals surface area (Å²) in [6, 6.07) is 19.6. The number of ether oxygens (including phenoxy) is 1. The number of aliphatic hydroxyl groups is 1. The van der Waals surface area contributed by atoms with Gasteiger partial charge in [0.2, 0.25) is 5.79 Å². The van der Waals surface area contributed by atoms with E-state index in [0.29, 0.717) is 12.2 Å². The molecule has 0 spiro atoms. The molecule has 2 aromatic carbocycles.